The highest BCUT2D eigenvalue weighted by Gasteiger charge is 2.48. The highest BCUT2D eigenvalue weighted by atomic mass is 16.3. The standard InChI is InChI=1S/C24H18N4O4/c29-18-3-1-2-12-6-8-16(27-20(12)18)21-19(22(30)13-4-5-13)23(31)24(32)28(21)14-7-9-15-17(10-14)26-11-25-15/h1-3,6-11,13,21,29,31H,4-5H2,(H,25,26). The number of hydrogen-bond acceptors (Lipinski definition) is 6. The lowest BCUT2D eigenvalue weighted by atomic mass is 9.96. The second-order valence-corrected chi connectivity index (χ2v) is 8.17. The lowest BCUT2D eigenvalue weighted by Crippen LogP contribution is -2.31. The first-order valence-electron chi connectivity index (χ1n) is 10.4. The molecule has 2 aromatic carbocycles. The van der Waals surface area contributed by atoms with Gasteiger partial charge in [0.2, 0.25) is 0 Å². The number of aromatic amines is 1. The number of hydrogen-bond donors (Lipinski definition) is 3. The first kappa shape index (κ1) is 18.6. The Morgan fingerprint density at radius 2 is 1.94 bits per heavy atom. The molecule has 2 aliphatic rings. The molecule has 2 aromatic heterocycles. The number of aliphatic hydroxyl groups is 1. The molecule has 158 valence electrons. The number of phenolic OH excluding ortho intramolecular Hbond substituents is 1. The SMILES string of the molecule is O=C(C1=C(O)C(=O)N(c2ccc3[nH]cnc3c2)C1c1ccc2cccc(O)c2n1)C1CC1. The van der Waals surface area contributed by atoms with E-state index in [0.717, 1.165) is 23.7 Å². The summed E-state index contributed by atoms with van der Waals surface area (Å²) in [5, 5.41) is 21.8. The minimum absolute atomic E-state index is 0.00133. The molecular weight excluding hydrogens is 408 g/mol. The maximum absolute atomic E-state index is 13.2. The van der Waals surface area contributed by atoms with Crippen LogP contribution in [0, 0.1) is 5.92 Å². The summed E-state index contributed by atoms with van der Waals surface area (Å²) >= 11 is 0. The van der Waals surface area contributed by atoms with Crippen molar-refractivity contribution in [3.8, 4) is 5.75 Å². The number of carbonyl (C=O) groups excluding carboxylic acids is 2. The third-order valence-corrected chi connectivity index (χ3v) is 6.11. The monoisotopic (exact) mass is 426 g/mol. The second-order valence-electron chi connectivity index (χ2n) is 8.17. The van der Waals surface area contributed by atoms with Gasteiger partial charge in [-0.3, -0.25) is 14.5 Å². The van der Waals surface area contributed by atoms with Gasteiger partial charge in [0.15, 0.2) is 11.5 Å². The summed E-state index contributed by atoms with van der Waals surface area (Å²) in [5.74, 6) is -1.63. The maximum atomic E-state index is 13.2. The number of rotatable bonds is 4. The van der Waals surface area contributed by atoms with Crippen molar-refractivity contribution in [3.63, 3.8) is 0 Å². The van der Waals surface area contributed by atoms with E-state index in [9.17, 15) is 19.8 Å². The lowest BCUT2D eigenvalue weighted by molar-refractivity contribution is -0.118. The zero-order chi connectivity index (χ0) is 22.0. The van der Waals surface area contributed by atoms with Gasteiger partial charge in [0.25, 0.3) is 5.91 Å². The summed E-state index contributed by atoms with van der Waals surface area (Å²) in [7, 11) is 0. The van der Waals surface area contributed by atoms with E-state index < -0.39 is 17.7 Å². The average Bonchev–Trinajstić information content (AvgIpc) is 3.49. The van der Waals surface area contributed by atoms with Gasteiger partial charge in [0.05, 0.1) is 28.6 Å². The molecule has 1 fully saturated rings. The zero-order valence-electron chi connectivity index (χ0n) is 16.8. The molecule has 0 saturated heterocycles. The Morgan fingerprint density at radius 1 is 1.09 bits per heavy atom. The van der Waals surface area contributed by atoms with Crippen molar-refractivity contribution in [2.45, 2.75) is 18.9 Å². The van der Waals surface area contributed by atoms with E-state index in [1.54, 1.807) is 42.7 Å². The number of amides is 1. The van der Waals surface area contributed by atoms with Crippen LogP contribution in [0.5, 0.6) is 5.75 Å². The molecule has 0 spiro atoms. The molecular formula is C24H18N4O4. The van der Waals surface area contributed by atoms with Crippen molar-refractivity contribution in [1.82, 2.24) is 15.0 Å². The second kappa shape index (κ2) is 6.65. The van der Waals surface area contributed by atoms with Crippen molar-refractivity contribution in [2.75, 3.05) is 4.90 Å². The number of H-pyrrole nitrogens is 1. The van der Waals surface area contributed by atoms with Gasteiger partial charge in [0.1, 0.15) is 17.3 Å². The first-order chi connectivity index (χ1) is 15.5. The molecule has 0 radical (unpaired) electrons. The number of aromatic nitrogens is 3. The number of imidazole rings is 1. The van der Waals surface area contributed by atoms with E-state index in [1.165, 1.54) is 11.0 Å². The molecule has 1 atom stereocenters. The van der Waals surface area contributed by atoms with Crippen molar-refractivity contribution in [1.29, 1.82) is 0 Å². The van der Waals surface area contributed by atoms with Crippen LogP contribution < -0.4 is 4.90 Å². The average molecular weight is 426 g/mol. The highest BCUT2D eigenvalue weighted by molar-refractivity contribution is 6.17. The van der Waals surface area contributed by atoms with Crippen LogP contribution in [-0.4, -0.2) is 36.9 Å². The topological polar surface area (TPSA) is 119 Å². The Kier molecular flexibility index (Phi) is 3.86. The van der Waals surface area contributed by atoms with Gasteiger partial charge in [-0.05, 0) is 43.2 Å². The molecule has 6 rings (SSSR count). The normalized spacial score (nSPS) is 18.8. The zero-order valence-corrected chi connectivity index (χ0v) is 16.8. The van der Waals surface area contributed by atoms with E-state index in [2.05, 4.69) is 15.0 Å². The molecule has 4 aromatic rings. The van der Waals surface area contributed by atoms with Gasteiger partial charge in [0, 0.05) is 17.0 Å². The summed E-state index contributed by atoms with van der Waals surface area (Å²) in [4.78, 5) is 39.6. The lowest BCUT2D eigenvalue weighted by Gasteiger charge is -2.26. The van der Waals surface area contributed by atoms with Crippen LogP contribution in [0.4, 0.5) is 5.69 Å². The first-order valence-corrected chi connectivity index (χ1v) is 10.4. The number of anilines is 1. The molecule has 8 heteroatoms. The van der Waals surface area contributed by atoms with Gasteiger partial charge >= 0.3 is 0 Å². The number of para-hydroxylation sites is 1. The minimum atomic E-state index is -0.906. The van der Waals surface area contributed by atoms with Crippen LogP contribution in [0.1, 0.15) is 24.6 Å². The Morgan fingerprint density at radius 3 is 2.75 bits per heavy atom. The van der Waals surface area contributed by atoms with E-state index in [-0.39, 0.29) is 23.0 Å². The predicted molar refractivity (Wildman–Crippen MR) is 117 cm³/mol. The Hall–Kier alpha value is -4.20. The van der Waals surface area contributed by atoms with Gasteiger partial charge in [-0.2, -0.15) is 0 Å². The van der Waals surface area contributed by atoms with Gasteiger partial charge in [-0.25, -0.2) is 9.97 Å². The van der Waals surface area contributed by atoms with Crippen molar-refractivity contribution >= 4 is 39.3 Å². The number of pyridine rings is 1. The van der Waals surface area contributed by atoms with Crippen LogP contribution in [-0.2, 0) is 9.59 Å². The fourth-order valence-electron chi connectivity index (χ4n) is 4.34. The van der Waals surface area contributed by atoms with Crippen LogP contribution in [0.15, 0.2) is 66.2 Å². The molecule has 0 bridgehead atoms. The van der Waals surface area contributed by atoms with Crippen LogP contribution in [0.3, 0.4) is 0 Å². The third-order valence-electron chi connectivity index (χ3n) is 6.11. The number of benzene rings is 2. The number of fused-ring (bicyclic) bond motifs is 2. The highest BCUT2D eigenvalue weighted by Crippen LogP contribution is 2.45. The molecule has 8 nitrogen and oxygen atoms in total. The van der Waals surface area contributed by atoms with Crippen LogP contribution >= 0.6 is 0 Å². The molecule has 1 unspecified atom stereocenters. The van der Waals surface area contributed by atoms with E-state index in [4.69, 9.17) is 0 Å². The summed E-state index contributed by atoms with van der Waals surface area (Å²) in [6.07, 6.45) is 3.03. The van der Waals surface area contributed by atoms with Crippen LogP contribution in [0.25, 0.3) is 21.9 Å². The number of aromatic hydroxyl groups is 1. The van der Waals surface area contributed by atoms with Gasteiger partial charge in [-0.1, -0.05) is 18.2 Å². The van der Waals surface area contributed by atoms with Crippen LogP contribution in [0.2, 0.25) is 0 Å². The third kappa shape index (κ3) is 2.69. The fraction of sp³-hybridized carbons (Fsp3) is 0.167. The maximum Gasteiger partial charge on any atom is 0.294 e. The van der Waals surface area contributed by atoms with E-state index in [0.29, 0.717) is 22.4 Å². The summed E-state index contributed by atoms with van der Waals surface area (Å²) in [6, 6.07) is 12.9. The Bertz CT molecular complexity index is 1470. The van der Waals surface area contributed by atoms with E-state index >= 15 is 0 Å². The summed E-state index contributed by atoms with van der Waals surface area (Å²) in [5.41, 5.74) is 2.76. The number of carbonyl (C=O) groups is 2. The molecule has 1 amide bonds. The molecule has 1 aliphatic heterocycles. The predicted octanol–water partition coefficient (Wildman–Crippen LogP) is 3.70. The molecule has 1 aliphatic carbocycles. The minimum Gasteiger partial charge on any atom is -0.506 e. The molecule has 1 saturated carbocycles. The molecule has 3 heterocycles. The number of ketones is 1. The summed E-state index contributed by atoms with van der Waals surface area (Å²) < 4.78 is 0. The largest absolute Gasteiger partial charge is 0.506 e. The smallest absolute Gasteiger partial charge is 0.294 e. The molecule has 32 heavy (non-hydrogen) atoms. The number of nitrogens with zero attached hydrogens (tertiary/aromatic N) is 3. The Balaban J connectivity index is 1.56. The van der Waals surface area contributed by atoms with Crippen molar-refractivity contribution < 1.29 is 19.8 Å². The molecule has 3 N–H and O–H groups in total. The Labute approximate surface area is 181 Å². The summed E-state index contributed by atoms with van der Waals surface area (Å²) in [6.45, 7) is 0. The number of phenols is 1. The van der Waals surface area contributed by atoms with Gasteiger partial charge in [-0.15, -0.1) is 0 Å². The number of nitrogens with one attached hydrogen (secondary N) is 1. The quantitative estimate of drug-likeness (QED) is 0.458. The number of Topliss-reactive ketones (excluding diaryl/α,β-unsaturated/α-hetero) is 1. The van der Waals surface area contributed by atoms with Crippen molar-refractivity contribution in [3.05, 3.63) is 71.9 Å². The fourth-order valence-corrected chi connectivity index (χ4v) is 4.34. The van der Waals surface area contributed by atoms with Gasteiger partial charge < -0.3 is 15.2 Å². The van der Waals surface area contributed by atoms with Crippen molar-refractivity contribution in [2.24, 2.45) is 5.92 Å². The number of aliphatic hydroxyl groups excluding tert-OH is 1. The van der Waals surface area contributed by atoms with E-state index in [1.807, 2.05) is 6.07 Å².